The molecule has 0 saturated carbocycles. The Kier molecular flexibility index (Phi) is 7.19. The van der Waals surface area contributed by atoms with Gasteiger partial charge < -0.3 is 10.4 Å². The van der Waals surface area contributed by atoms with Crippen LogP contribution in [0.1, 0.15) is 31.8 Å². The molecule has 0 aliphatic carbocycles. The number of hydrogen-bond acceptors (Lipinski definition) is 4. The second-order valence-electron chi connectivity index (χ2n) is 6.59. The predicted molar refractivity (Wildman–Crippen MR) is 123 cm³/mol. The van der Waals surface area contributed by atoms with E-state index in [1.54, 1.807) is 72.8 Å². The van der Waals surface area contributed by atoms with Gasteiger partial charge in [0.1, 0.15) is 5.75 Å². The molecule has 0 aliphatic rings. The van der Waals surface area contributed by atoms with E-state index < -0.39 is 5.91 Å². The zero-order valence-electron chi connectivity index (χ0n) is 16.5. The Morgan fingerprint density at radius 3 is 2.48 bits per heavy atom. The third-order valence-corrected chi connectivity index (χ3v) is 4.63. The van der Waals surface area contributed by atoms with Gasteiger partial charge in [-0.25, -0.2) is 5.43 Å². The molecule has 0 bridgehead atoms. The highest BCUT2D eigenvalue weighted by molar-refractivity contribution is 6.30. The minimum absolute atomic E-state index is 0.0901. The SMILES string of the molecule is C=CCc1cccc(C=NNC(=O)c2cccc(NC(=O)c3ccc(Cl)cc3)c2)c1O. The number of para-hydroxylation sites is 1. The second kappa shape index (κ2) is 10.2. The molecule has 3 rings (SSSR count). The number of carbonyl (C=O) groups is 2. The van der Waals surface area contributed by atoms with Crippen LogP contribution in [0.3, 0.4) is 0 Å². The van der Waals surface area contributed by atoms with Gasteiger partial charge in [0.15, 0.2) is 0 Å². The third-order valence-electron chi connectivity index (χ3n) is 4.37. The largest absolute Gasteiger partial charge is 0.507 e. The number of hydrogen-bond donors (Lipinski definition) is 3. The highest BCUT2D eigenvalue weighted by atomic mass is 35.5. The Labute approximate surface area is 184 Å². The van der Waals surface area contributed by atoms with Crippen molar-refractivity contribution in [1.29, 1.82) is 0 Å². The molecule has 0 aliphatic heterocycles. The number of anilines is 1. The van der Waals surface area contributed by atoms with Gasteiger partial charge in [-0.15, -0.1) is 6.58 Å². The molecular weight excluding hydrogens is 414 g/mol. The highest BCUT2D eigenvalue weighted by Gasteiger charge is 2.09. The summed E-state index contributed by atoms with van der Waals surface area (Å²) in [5, 5.41) is 17.4. The number of amides is 2. The number of phenols is 1. The molecular formula is C24H20ClN3O3. The van der Waals surface area contributed by atoms with Crippen LogP contribution in [0, 0.1) is 0 Å². The van der Waals surface area contributed by atoms with Gasteiger partial charge in [-0.2, -0.15) is 5.10 Å². The van der Waals surface area contributed by atoms with Crippen molar-refractivity contribution in [3.8, 4) is 5.75 Å². The zero-order valence-corrected chi connectivity index (χ0v) is 17.3. The molecule has 3 aromatic rings. The molecule has 0 unspecified atom stereocenters. The van der Waals surface area contributed by atoms with E-state index in [0.29, 0.717) is 33.8 Å². The normalized spacial score (nSPS) is 10.6. The summed E-state index contributed by atoms with van der Waals surface area (Å²) in [6, 6.07) is 18.2. The second-order valence-corrected chi connectivity index (χ2v) is 7.03. The van der Waals surface area contributed by atoms with Gasteiger partial charge >= 0.3 is 0 Å². The van der Waals surface area contributed by atoms with Gasteiger partial charge in [0.2, 0.25) is 0 Å². The minimum atomic E-state index is -0.458. The maximum absolute atomic E-state index is 12.4. The number of nitrogens with one attached hydrogen (secondary N) is 2. The van der Waals surface area contributed by atoms with Gasteiger partial charge in [-0.05, 0) is 60.5 Å². The van der Waals surface area contributed by atoms with Gasteiger partial charge in [0.25, 0.3) is 11.8 Å². The lowest BCUT2D eigenvalue weighted by Gasteiger charge is -2.07. The quantitative estimate of drug-likeness (QED) is 0.284. The molecule has 31 heavy (non-hydrogen) atoms. The molecule has 3 N–H and O–H groups in total. The van der Waals surface area contributed by atoms with E-state index in [9.17, 15) is 14.7 Å². The van der Waals surface area contributed by atoms with E-state index >= 15 is 0 Å². The van der Waals surface area contributed by atoms with Crippen LogP contribution in [0.5, 0.6) is 5.75 Å². The number of aromatic hydroxyl groups is 1. The molecule has 0 spiro atoms. The van der Waals surface area contributed by atoms with Crippen LogP contribution < -0.4 is 10.7 Å². The predicted octanol–water partition coefficient (Wildman–Crippen LogP) is 4.79. The Hall–Kier alpha value is -3.90. The number of halogens is 1. The lowest BCUT2D eigenvalue weighted by atomic mass is 10.1. The van der Waals surface area contributed by atoms with Crippen LogP contribution in [0.4, 0.5) is 5.69 Å². The summed E-state index contributed by atoms with van der Waals surface area (Å²) in [5.41, 5.74) is 4.84. The number of rotatable bonds is 7. The van der Waals surface area contributed by atoms with E-state index in [1.165, 1.54) is 6.21 Å². The summed E-state index contributed by atoms with van der Waals surface area (Å²) in [6.45, 7) is 3.66. The van der Waals surface area contributed by atoms with Crippen molar-refractivity contribution in [3.05, 3.63) is 107 Å². The fourth-order valence-electron chi connectivity index (χ4n) is 2.80. The minimum Gasteiger partial charge on any atom is -0.507 e. The van der Waals surface area contributed by atoms with Crippen molar-refractivity contribution in [2.75, 3.05) is 5.32 Å². The van der Waals surface area contributed by atoms with Crippen LogP contribution >= 0.6 is 11.6 Å². The van der Waals surface area contributed by atoms with Gasteiger partial charge in [-0.1, -0.05) is 35.9 Å². The molecule has 2 amide bonds. The first-order chi connectivity index (χ1) is 15.0. The molecule has 3 aromatic carbocycles. The number of nitrogens with zero attached hydrogens (tertiary/aromatic N) is 1. The van der Waals surface area contributed by atoms with Crippen LogP contribution in [0.25, 0.3) is 0 Å². The van der Waals surface area contributed by atoms with Crippen molar-refractivity contribution >= 4 is 35.3 Å². The fourth-order valence-corrected chi connectivity index (χ4v) is 2.93. The molecule has 0 radical (unpaired) electrons. The number of carbonyl (C=O) groups excluding carboxylic acids is 2. The molecule has 0 aromatic heterocycles. The first-order valence-electron chi connectivity index (χ1n) is 9.40. The van der Waals surface area contributed by atoms with Crippen molar-refractivity contribution < 1.29 is 14.7 Å². The summed E-state index contributed by atoms with van der Waals surface area (Å²) < 4.78 is 0. The summed E-state index contributed by atoms with van der Waals surface area (Å²) in [7, 11) is 0. The molecule has 7 heteroatoms. The smallest absolute Gasteiger partial charge is 0.271 e. The molecule has 0 heterocycles. The molecule has 0 saturated heterocycles. The average Bonchev–Trinajstić information content (AvgIpc) is 2.77. The number of phenolic OH excluding ortho intramolecular Hbond substituents is 1. The molecule has 0 fully saturated rings. The maximum atomic E-state index is 12.4. The standard InChI is InChI=1S/C24H20ClN3O3/c1-2-5-16-6-3-8-19(22(16)29)15-26-28-24(31)18-7-4-9-21(14-18)27-23(30)17-10-12-20(25)13-11-17/h2-4,6-15,29H,1,5H2,(H,27,30)(H,28,31). The number of benzene rings is 3. The maximum Gasteiger partial charge on any atom is 0.271 e. The van der Waals surface area contributed by atoms with E-state index in [1.807, 2.05) is 0 Å². The average molecular weight is 434 g/mol. The van der Waals surface area contributed by atoms with Crippen molar-refractivity contribution in [2.45, 2.75) is 6.42 Å². The Morgan fingerprint density at radius 1 is 1.00 bits per heavy atom. The van der Waals surface area contributed by atoms with E-state index in [-0.39, 0.29) is 11.7 Å². The number of allylic oxidation sites excluding steroid dienone is 1. The van der Waals surface area contributed by atoms with Crippen LogP contribution in [0.2, 0.25) is 5.02 Å². The van der Waals surface area contributed by atoms with Crippen molar-refractivity contribution in [2.24, 2.45) is 5.10 Å². The van der Waals surface area contributed by atoms with Crippen molar-refractivity contribution in [1.82, 2.24) is 5.43 Å². The molecule has 156 valence electrons. The lowest BCUT2D eigenvalue weighted by molar-refractivity contribution is 0.0953. The van der Waals surface area contributed by atoms with Crippen molar-refractivity contribution in [3.63, 3.8) is 0 Å². The monoisotopic (exact) mass is 433 g/mol. The topological polar surface area (TPSA) is 90.8 Å². The number of hydrazone groups is 1. The Balaban J connectivity index is 1.65. The van der Waals surface area contributed by atoms with E-state index in [2.05, 4.69) is 22.4 Å². The van der Waals surface area contributed by atoms with Gasteiger partial charge in [0, 0.05) is 27.4 Å². The highest BCUT2D eigenvalue weighted by Crippen LogP contribution is 2.21. The molecule has 6 nitrogen and oxygen atoms in total. The molecule has 0 atom stereocenters. The van der Waals surface area contributed by atoms with Crippen LogP contribution in [0.15, 0.2) is 84.5 Å². The first-order valence-corrected chi connectivity index (χ1v) is 9.78. The summed E-state index contributed by atoms with van der Waals surface area (Å²) in [6.07, 6.45) is 3.58. The Morgan fingerprint density at radius 2 is 1.74 bits per heavy atom. The lowest BCUT2D eigenvalue weighted by Crippen LogP contribution is -2.18. The zero-order chi connectivity index (χ0) is 22.2. The summed E-state index contributed by atoms with van der Waals surface area (Å²) in [4.78, 5) is 24.7. The third kappa shape index (κ3) is 5.81. The van der Waals surface area contributed by atoms with Crippen LogP contribution in [-0.4, -0.2) is 23.1 Å². The van der Waals surface area contributed by atoms with Gasteiger partial charge in [-0.3, -0.25) is 9.59 Å². The van der Waals surface area contributed by atoms with Crippen LogP contribution in [-0.2, 0) is 6.42 Å². The summed E-state index contributed by atoms with van der Waals surface area (Å²) >= 11 is 5.84. The van der Waals surface area contributed by atoms with E-state index in [0.717, 1.165) is 5.56 Å². The first kappa shape index (κ1) is 21.8. The summed E-state index contributed by atoms with van der Waals surface area (Å²) in [5.74, 6) is -0.685. The Bertz CT molecular complexity index is 1140. The fraction of sp³-hybridized carbons (Fsp3) is 0.0417. The van der Waals surface area contributed by atoms with E-state index in [4.69, 9.17) is 11.6 Å². The van der Waals surface area contributed by atoms with Gasteiger partial charge in [0.05, 0.1) is 6.21 Å².